The molecule has 0 aliphatic carbocycles. The van der Waals surface area contributed by atoms with E-state index >= 15 is 0 Å². The van der Waals surface area contributed by atoms with Crippen LogP contribution in [0, 0.1) is 5.92 Å². The molecule has 0 spiro atoms. The van der Waals surface area contributed by atoms with Gasteiger partial charge in [0.25, 0.3) is 0 Å². The first-order valence-electron chi connectivity index (χ1n) is 7.68. The standard InChI is InChI=1S/C15H24N2O4/c1-11(18)16-9-6-12(7-10-16)14(19)17-8-4-3-5-13(17)15(20)21-2/h12-13H,3-10H2,1-2H3/t13-/m1/s1. The predicted octanol–water partition coefficient (Wildman–Crippen LogP) is 0.799. The fraction of sp³-hybridized carbons (Fsp3) is 0.800. The van der Waals surface area contributed by atoms with Gasteiger partial charge in [0, 0.05) is 32.5 Å². The van der Waals surface area contributed by atoms with Gasteiger partial charge < -0.3 is 14.5 Å². The third kappa shape index (κ3) is 3.54. The number of carbonyl (C=O) groups is 3. The van der Waals surface area contributed by atoms with Crippen LogP contribution >= 0.6 is 0 Å². The molecule has 2 aliphatic heterocycles. The lowest BCUT2D eigenvalue weighted by Gasteiger charge is -2.38. The van der Waals surface area contributed by atoms with Gasteiger partial charge in [-0.05, 0) is 32.1 Å². The summed E-state index contributed by atoms with van der Waals surface area (Å²) in [5.41, 5.74) is 0. The molecular formula is C15H24N2O4. The molecule has 6 heteroatoms. The van der Waals surface area contributed by atoms with E-state index in [0.29, 0.717) is 38.9 Å². The second-order valence-corrected chi connectivity index (χ2v) is 5.85. The van der Waals surface area contributed by atoms with Gasteiger partial charge in [0.05, 0.1) is 7.11 Å². The highest BCUT2D eigenvalue weighted by Crippen LogP contribution is 2.25. The topological polar surface area (TPSA) is 66.9 Å². The first kappa shape index (κ1) is 15.8. The number of likely N-dealkylation sites (tertiary alicyclic amines) is 2. The Bertz CT molecular complexity index is 416. The molecule has 0 aromatic rings. The fourth-order valence-corrected chi connectivity index (χ4v) is 3.25. The number of methoxy groups -OCH3 is 1. The second-order valence-electron chi connectivity index (χ2n) is 5.85. The quantitative estimate of drug-likeness (QED) is 0.707. The first-order valence-corrected chi connectivity index (χ1v) is 7.68. The highest BCUT2D eigenvalue weighted by molar-refractivity contribution is 5.86. The number of nitrogens with zero attached hydrogens (tertiary/aromatic N) is 2. The minimum absolute atomic E-state index is 0.0494. The highest BCUT2D eigenvalue weighted by Gasteiger charge is 2.37. The van der Waals surface area contributed by atoms with E-state index in [-0.39, 0.29) is 23.7 Å². The lowest BCUT2D eigenvalue weighted by molar-refractivity contribution is -0.157. The molecule has 2 amide bonds. The van der Waals surface area contributed by atoms with Crippen LogP contribution in [0.4, 0.5) is 0 Å². The summed E-state index contributed by atoms with van der Waals surface area (Å²) in [5, 5.41) is 0. The summed E-state index contributed by atoms with van der Waals surface area (Å²) in [6.45, 7) is 3.44. The van der Waals surface area contributed by atoms with Crippen LogP contribution < -0.4 is 0 Å². The number of rotatable bonds is 2. The zero-order chi connectivity index (χ0) is 15.4. The normalized spacial score (nSPS) is 23.8. The Morgan fingerprint density at radius 2 is 1.67 bits per heavy atom. The molecule has 6 nitrogen and oxygen atoms in total. The molecule has 0 saturated carbocycles. The largest absolute Gasteiger partial charge is 0.467 e. The van der Waals surface area contributed by atoms with Crippen LogP contribution in [0.25, 0.3) is 0 Å². The Hall–Kier alpha value is -1.59. The molecule has 2 rings (SSSR count). The number of carbonyl (C=O) groups excluding carboxylic acids is 3. The Morgan fingerprint density at radius 3 is 2.24 bits per heavy atom. The SMILES string of the molecule is COC(=O)[C@H]1CCCCN1C(=O)C1CCN(C(C)=O)CC1. The maximum absolute atomic E-state index is 12.7. The van der Waals surface area contributed by atoms with Gasteiger partial charge in [0.15, 0.2) is 0 Å². The Labute approximate surface area is 125 Å². The van der Waals surface area contributed by atoms with Crippen molar-refractivity contribution in [1.29, 1.82) is 0 Å². The molecule has 0 radical (unpaired) electrons. The average Bonchev–Trinajstić information content (AvgIpc) is 2.53. The average molecular weight is 296 g/mol. The molecule has 2 saturated heterocycles. The minimum atomic E-state index is -0.429. The van der Waals surface area contributed by atoms with E-state index in [2.05, 4.69) is 0 Å². The van der Waals surface area contributed by atoms with Crippen LogP contribution in [0.15, 0.2) is 0 Å². The maximum Gasteiger partial charge on any atom is 0.328 e. The molecule has 0 bridgehead atoms. The maximum atomic E-state index is 12.7. The summed E-state index contributed by atoms with van der Waals surface area (Å²) in [6.07, 6.45) is 3.94. The van der Waals surface area contributed by atoms with E-state index in [4.69, 9.17) is 4.74 Å². The van der Waals surface area contributed by atoms with E-state index in [1.165, 1.54) is 7.11 Å². The van der Waals surface area contributed by atoms with Gasteiger partial charge >= 0.3 is 5.97 Å². The fourth-order valence-electron chi connectivity index (χ4n) is 3.25. The van der Waals surface area contributed by atoms with Crippen molar-refractivity contribution in [2.45, 2.75) is 45.1 Å². The van der Waals surface area contributed by atoms with E-state index in [9.17, 15) is 14.4 Å². The summed E-state index contributed by atoms with van der Waals surface area (Å²) in [4.78, 5) is 39.3. The van der Waals surface area contributed by atoms with Crippen molar-refractivity contribution in [2.75, 3.05) is 26.7 Å². The van der Waals surface area contributed by atoms with Crippen molar-refractivity contribution in [1.82, 2.24) is 9.80 Å². The predicted molar refractivity (Wildman–Crippen MR) is 76.3 cm³/mol. The molecule has 2 fully saturated rings. The summed E-state index contributed by atoms with van der Waals surface area (Å²) >= 11 is 0. The van der Waals surface area contributed by atoms with E-state index < -0.39 is 6.04 Å². The summed E-state index contributed by atoms with van der Waals surface area (Å²) in [7, 11) is 1.37. The summed E-state index contributed by atoms with van der Waals surface area (Å²) in [6, 6.07) is -0.429. The summed E-state index contributed by atoms with van der Waals surface area (Å²) in [5.74, 6) is -0.283. The lowest BCUT2D eigenvalue weighted by Crippen LogP contribution is -2.52. The van der Waals surface area contributed by atoms with Gasteiger partial charge in [0.1, 0.15) is 6.04 Å². The molecule has 118 valence electrons. The molecule has 2 aliphatic rings. The zero-order valence-corrected chi connectivity index (χ0v) is 12.8. The number of piperidine rings is 2. The second kappa shape index (κ2) is 6.91. The van der Waals surface area contributed by atoms with E-state index in [0.717, 1.165) is 12.8 Å². The van der Waals surface area contributed by atoms with Crippen molar-refractivity contribution < 1.29 is 19.1 Å². The van der Waals surface area contributed by atoms with Crippen LogP contribution in [0.1, 0.15) is 39.0 Å². The van der Waals surface area contributed by atoms with Gasteiger partial charge in [-0.3, -0.25) is 9.59 Å². The number of hydrogen-bond acceptors (Lipinski definition) is 4. The van der Waals surface area contributed by atoms with Crippen molar-refractivity contribution in [3.05, 3.63) is 0 Å². The van der Waals surface area contributed by atoms with Crippen molar-refractivity contribution in [2.24, 2.45) is 5.92 Å². The van der Waals surface area contributed by atoms with Crippen LogP contribution in [-0.4, -0.2) is 60.4 Å². The van der Waals surface area contributed by atoms with Gasteiger partial charge in [-0.1, -0.05) is 0 Å². The van der Waals surface area contributed by atoms with Crippen molar-refractivity contribution in [3.63, 3.8) is 0 Å². The van der Waals surface area contributed by atoms with Crippen LogP contribution in [0.3, 0.4) is 0 Å². The third-order valence-electron chi connectivity index (χ3n) is 4.55. The molecule has 0 aromatic carbocycles. The Morgan fingerprint density at radius 1 is 1.00 bits per heavy atom. The zero-order valence-electron chi connectivity index (χ0n) is 12.8. The van der Waals surface area contributed by atoms with Crippen LogP contribution in [0.5, 0.6) is 0 Å². The molecule has 21 heavy (non-hydrogen) atoms. The summed E-state index contributed by atoms with van der Waals surface area (Å²) < 4.78 is 4.82. The molecule has 2 heterocycles. The first-order chi connectivity index (χ1) is 10.0. The van der Waals surface area contributed by atoms with Crippen molar-refractivity contribution >= 4 is 17.8 Å². The van der Waals surface area contributed by atoms with Crippen LogP contribution in [0.2, 0.25) is 0 Å². The van der Waals surface area contributed by atoms with Crippen LogP contribution in [-0.2, 0) is 19.1 Å². The minimum Gasteiger partial charge on any atom is -0.467 e. The van der Waals surface area contributed by atoms with Gasteiger partial charge in [-0.25, -0.2) is 4.79 Å². The third-order valence-corrected chi connectivity index (χ3v) is 4.55. The molecular weight excluding hydrogens is 272 g/mol. The molecule has 0 aromatic heterocycles. The van der Waals surface area contributed by atoms with Crippen molar-refractivity contribution in [3.8, 4) is 0 Å². The Kier molecular flexibility index (Phi) is 5.20. The van der Waals surface area contributed by atoms with Gasteiger partial charge in [-0.2, -0.15) is 0 Å². The van der Waals surface area contributed by atoms with Gasteiger partial charge in [-0.15, -0.1) is 0 Å². The number of amides is 2. The molecule has 0 N–H and O–H groups in total. The highest BCUT2D eigenvalue weighted by atomic mass is 16.5. The van der Waals surface area contributed by atoms with Gasteiger partial charge in [0.2, 0.25) is 11.8 Å². The smallest absolute Gasteiger partial charge is 0.328 e. The Balaban J connectivity index is 1.98. The molecule has 0 unspecified atom stereocenters. The number of esters is 1. The number of hydrogen-bond donors (Lipinski definition) is 0. The lowest BCUT2D eigenvalue weighted by atomic mass is 9.92. The molecule has 1 atom stereocenters. The monoisotopic (exact) mass is 296 g/mol. The number of ether oxygens (including phenoxy) is 1. The van der Waals surface area contributed by atoms with E-state index in [1.807, 2.05) is 0 Å². The van der Waals surface area contributed by atoms with E-state index in [1.54, 1.807) is 16.7 Å².